The third-order valence-electron chi connectivity index (χ3n) is 5.91. The van der Waals surface area contributed by atoms with Crippen molar-refractivity contribution in [3.63, 3.8) is 0 Å². The zero-order chi connectivity index (χ0) is 22.3. The summed E-state index contributed by atoms with van der Waals surface area (Å²) < 4.78 is 29.1. The van der Waals surface area contributed by atoms with Crippen molar-refractivity contribution in [2.24, 2.45) is 0 Å². The molecular weight excluding hydrogens is 442 g/mol. The van der Waals surface area contributed by atoms with Gasteiger partial charge < -0.3 is 4.98 Å². The smallest absolute Gasteiger partial charge is 0.268 e. The lowest BCUT2D eigenvalue weighted by Crippen LogP contribution is -2.13. The van der Waals surface area contributed by atoms with Gasteiger partial charge in [-0.25, -0.2) is 17.4 Å². The van der Waals surface area contributed by atoms with Crippen molar-refractivity contribution in [3.05, 3.63) is 96.1 Å². The number of hydrogen-bond donors (Lipinski definition) is 1. The number of nitrogens with zero attached hydrogens (tertiary/aromatic N) is 2. The van der Waals surface area contributed by atoms with Crippen LogP contribution >= 0.6 is 11.6 Å². The van der Waals surface area contributed by atoms with E-state index in [0.29, 0.717) is 23.3 Å². The molecule has 1 unspecified atom stereocenters. The van der Waals surface area contributed by atoms with Crippen LogP contribution in [0.2, 0.25) is 0 Å². The largest absolute Gasteiger partial charge is 0.348 e. The summed E-state index contributed by atoms with van der Waals surface area (Å²) in [7, 11) is -3.80. The van der Waals surface area contributed by atoms with Crippen LogP contribution in [-0.2, 0) is 10.0 Å². The number of nitrogens with one attached hydrogen (secondary N) is 1. The van der Waals surface area contributed by atoms with Crippen LogP contribution in [0.15, 0.2) is 84.1 Å². The van der Waals surface area contributed by atoms with Crippen LogP contribution in [0.3, 0.4) is 0 Å². The SMILES string of the molecule is Cc1ccc(S(=O)(=O)n2c3ccccc3c3ccc(C(CCCl)c4cnc[nH]4)cc32)cc1. The molecule has 0 fully saturated rings. The number of imidazole rings is 1. The summed E-state index contributed by atoms with van der Waals surface area (Å²) in [6.45, 7) is 1.94. The Bertz CT molecular complexity index is 1500. The third kappa shape index (κ3) is 3.40. The van der Waals surface area contributed by atoms with Crippen molar-refractivity contribution in [2.75, 3.05) is 5.88 Å². The molecule has 7 heteroatoms. The first kappa shape index (κ1) is 20.8. The predicted molar refractivity (Wildman–Crippen MR) is 129 cm³/mol. The number of rotatable bonds is 6. The molecule has 0 bridgehead atoms. The highest BCUT2D eigenvalue weighted by molar-refractivity contribution is 7.90. The van der Waals surface area contributed by atoms with E-state index in [1.807, 2.05) is 55.5 Å². The second-order valence-corrected chi connectivity index (χ2v) is 10.1. The van der Waals surface area contributed by atoms with Crippen LogP contribution < -0.4 is 0 Å². The average molecular weight is 464 g/mol. The van der Waals surface area contributed by atoms with Gasteiger partial charge in [0.1, 0.15) is 0 Å². The van der Waals surface area contributed by atoms with Crippen molar-refractivity contribution in [2.45, 2.75) is 24.2 Å². The lowest BCUT2D eigenvalue weighted by Gasteiger charge is -2.16. The maximum Gasteiger partial charge on any atom is 0.268 e. The zero-order valence-electron chi connectivity index (χ0n) is 17.5. The summed E-state index contributed by atoms with van der Waals surface area (Å²) in [6, 6.07) is 20.6. The molecule has 0 aliphatic rings. The number of halogens is 1. The standard InChI is InChI=1S/C25H22ClN3O2S/c1-17-6-9-19(10-7-17)32(30,31)29-24-5-3-2-4-21(24)22-11-8-18(14-25(22)29)20(12-13-26)23-15-27-16-28-23/h2-11,14-16,20H,12-13H2,1H3,(H,27,28). The van der Waals surface area contributed by atoms with Crippen LogP contribution in [0.5, 0.6) is 0 Å². The van der Waals surface area contributed by atoms with Crippen LogP contribution in [0.1, 0.15) is 29.2 Å². The van der Waals surface area contributed by atoms with E-state index in [0.717, 1.165) is 27.6 Å². The number of fused-ring (bicyclic) bond motifs is 3. The molecule has 162 valence electrons. The second-order valence-electron chi connectivity index (χ2n) is 7.91. The summed E-state index contributed by atoms with van der Waals surface area (Å²) in [4.78, 5) is 7.59. The normalized spacial score (nSPS) is 13.1. The van der Waals surface area contributed by atoms with Crippen molar-refractivity contribution >= 4 is 43.4 Å². The molecule has 0 amide bonds. The number of hydrogen-bond acceptors (Lipinski definition) is 3. The molecule has 2 aromatic heterocycles. The van der Waals surface area contributed by atoms with Crippen molar-refractivity contribution in [1.29, 1.82) is 0 Å². The molecule has 0 saturated heterocycles. The van der Waals surface area contributed by atoms with Gasteiger partial charge in [-0.1, -0.05) is 48.0 Å². The second kappa shape index (κ2) is 8.11. The van der Waals surface area contributed by atoms with Gasteiger partial charge in [-0.3, -0.25) is 0 Å². The lowest BCUT2D eigenvalue weighted by atomic mass is 9.93. The molecule has 0 spiro atoms. The maximum absolute atomic E-state index is 13.8. The Morgan fingerprint density at radius 3 is 2.47 bits per heavy atom. The number of aryl methyl sites for hydroxylation is 1. The Hall–Kier alpha value is -3.09. The van der Waals surface area contributed by atoms with Gasteiger partial charge in [0.15, 0.2) is 0 Å². The first-order chi connectivity index (χ1) is 15.5. The first-order valence-electron chi connectivity index (χ1n) is 10.4. The molecule has 5 nitrogen and oxygen atoms in total. The first-order valence-corrected chi connectivity index (χ1v) is 12.4. The van der Waals surface area contributed by atoms with Crippen molar-refractivity contribution < 1.29 is 8.42 Å². The highest BCUT2D eigenvalue weighted by Gasteiger charge is 2.24. The number of benzene rings is 3. The number of alkyl halides is 1. The van der Waals surface area contributed by atoms with E-state index in [1.54, 1.807) is 24.7 Å². The van der Waals surface area contributed by atoms with Crippen LogP contribution in [0.4, 0.5) is 0 Å². The van der Waals surface area contributed by atoms with Gasteiger partial charge in [-0.2, -0.15) is 0 Å². The van der Waals surface area contributed by atoms with E-state index in [4.69, 9.17) is 11.6 Å². The van der Waals surface area contributed by atoms with Crippen LogP contribution in [-0.4, -0.2) is 28.2 Å². The fourth-order valence-corrected chi connectivity index (χ4v) is 6.05. The summed E-state index contributed by atoms with van der Waals surface area (Å²) in [6.07, 6.45) is 4.15. The molecular formula is C25H22ClN3O2S. The average Bonchev–Trinajstić information content (AvgIpc) is 3.44. The Balaban J connectivity index is 1.79. The molecule has 1 N–H and O–H groups in total. The Morgan fingerprint density at radius 2 is 1.75 bits per heavy atom. The number of aromatic amines is 1. The molecule has 0 radical (unpaired) electrons. The fourth-order valence-electron chi connectivity index (χ4n) is 4.31. The molecule has 2 heterocycles. The number of aromatic nitrogens is 3. The number of H-pyrrole nitrogens is 1. The van der Waals surface area contributed by atoms with Gasteiger partial charge in [0.05, 0.1) is 22.3 Å². The van der Waals surface area contributed by atoms with Gasteiger partial charge >= 0.3 is 0 Å². The summed E-state index contributed by atoms with van der Waals surface area (Å²) in [5.41, 5.74) is 4.27. The zero-order valence-corrected chi connectivity index (χ0v) is 19.1. The molecule has 0 aliphatic heterocycles. The van der Waals surface area contributed by atoms with Gasteiger partial charge in [0.2, 0.25) is 0 Å². The molecule has 0 saturated carbocycles. The highest BCUT2D eigenvalue weighted by Crippen LogP contribution is 2.36. The Morgan fingerprint density at radius 1 is 1.00 bits per heavy atom. The molecule has 5 rings (SSSR count). The van der Waals surface area contributed by atoms with Gasteiger partial charge in [-0.15, -0.1) is 11.6 Å². The van der Waals surface area contributed by atoms with Gasteiger partial charge in [0.25, 0.3) is 10.0 Å². The van der Waals surface area contributed by atoms with Crippen molar-refractivity contribution in [3.8, 4) is 0 Å². The topological polar surface area (TPSA) is 67.8 Å². The predicted octanol–water partition coefficient (Wildman–Crippen LogP) is 5.82. The number of para-hydroxylation sites is 1. The minimum absolute atomic E-state index is 0.00654. The summed E-state index contributed by atoms with van der Waals surface area (Å²) in [5, 5.41) is 1.80. The lowest BCUT2D eigenvalue weighted by molar-refractivity contribution is 0.590. The van der Waals surface area contributed by atoms with E-state index in [9.17, 15) is 8.42 Å². The Kier molecular flexibility index (Phi) is 5.27. The van der Waals surface area contributed by atoms with E-state index in [-0.39, 0.29) is 10.8 Å². The van der Waals surface area contributed by atoms with E-state index >= 15 is 0 Å². The monoisotopic (exact) mass is 463 g/mol. The van der Waals surface area contributed by atoms with Gasteiger partial charge in [0, 0.05) is 34.5 Å². The van der Waals surface area contributed by atoms with E-state index in [1.165, 1.54) is 3.97 Å². The highest BCUT2D eigenvalue weighted by atomic mass is 35.5. The minimum Gasteiger partial charge on any atom is -0.348 e. The molecule has 0 aliphatic carbocycles. The molecule has 3 aromatic carbocycles. The quantitative estimate of drug-likeness (QED) is 0.322. The minimum atomic E-state index is -3.80. The molecule has 1 atom stereocenters. The Labute approximate surface area is 191 Å². The third-order valence-corrected chi connectivity index (χ3v) is 7.87. The van der Waals surface area contributed by atoms with E-state index < -0.39 is 10.0 Å². The molecule has 5 aromatic rings. The van der Waals surface area contributed by atoms with Crippen LogP contribution in [0, 0.1) is 6.92 Å². The fraction of sp³-hybridized carbons (Fsp3) is 0.160. The van der Waals surface area contributed by atoms with Crippen molar-refractivity contribution in [1.82, 2.24) is 13.9 Å². The molecule has 32 heavy (non-hydrogen) atoms. The summed E-state index contributed by atoms with van der Waals surface area (Å²) >= 11 is 6.11. The summed E-state index contributed by atoms with van der Waals surface area (Å²) in [5.74, 6) is 0.472. The van der Waals surface area contributed by atoms with E-state index in [2.05, 4.69) is 16.0 Å². The van der Waals surface area contributed by atoms with Gasteiger partial charge in [-0.05, 0) is 43.2 Å². The van der Waals surface area contributed by atoms with Crippen LogP contribution in [0.25, 0.3) is 21.8 Å². The maximum atomic E-state index is 13.8.